The predicted molar refractivity (Wildman–Crippen MR) is 115 cm³/mol. The molecular weight excluding hydrogens is 364 g/mol. The molecule has 0 atom stereocenters. The molecule has 1 aliphatic rings. The normalized spacial score (nSPS) is 14.4. The Hall–Kier alpha value is -2.53. The minimum Gasteiger partial charge on any atom is -0.494 e. The zero-order valence-electron chi connectivity index (χ0n) is 17.4. The maximum Gasteiger partial charge on any atom is 0.223 e. The first-order valence-electron chi connectivity index (χ1n) is 10.7. The van der Waals surface area contributed by atoms with Gasteiger partial charge >= 0.3 is 0 Å². The molecule has 5 heteroatoms. The molecule has 1 fully saturated rings. The molecule has 29 heavy (non-hydrogen) atoms. The second-order valence-corrected chi connectivity index (χ2v) is 7.43. The van der Waals surface area contributed by atoms with E-state index in [0.717, 1.165) is 23.6 Å². The highest BCUT2D eigenvalue weighted by atomic mass is 16.5. The van der Waals surface area contributed by atoms with Crippen molar-refractivity contribution < 1.29 is 14.3 Å². The fourth-order valence-corrected chi connectivity index (χ4v) is 3.49. The first kappa shape index (κ1) is 21.2. The van der Waals surface area contributed by atoms with Crippen molar-refractivity contribution in [1.29, 1.82) is 0 Å². The molecule has 1 aliphatic heterocycles. The summed E-state index contributed by atoms with van der Waals surface area (Å²) in [5.74, 6) is 1.55. The van der Waals surface area contributed by atoms with Gasteiger partial charge in [0, 0.05) is 13.1 Å². The van der Waals surface area contributed by atoms with Crippen LogP contribution in [0.2, 0.25) is 0 Å². The molecule has 1 amide bonds. The third-order valence-corrected chi connectivity index (χ3v) is 5.10. The molecule has 0 unspecified atom stereocenters. The summed E-state index contributed by atoms with van der Waals surface area (Å²) in [5.41, 5.74) is 2.46. The quantitative estimate of drug-likeness (QED) is 0.655. The molecule has 0 aliphatic carbocycles. The monoisotopic (exact) mass is 396 g/mol. The Balaban J connectivity index is 1.33. The van der Waals surface area contributed by atoms with Gasteiger partial charge in [0.1, 0.15) is 11.5 Å². The Morgan fingerprint density at radius 3 is 2.17 bits per heavy atom. The summed E-state index contributed by atoms with van der Waals surface area (Å²) in [5, 5.41) is 2.96. The van der Waals surface area contributed by atoms with Gasteiger partial charge in [0.25, 0.3) is 0 Å². The summed E-state index contributed by atoms with van der Waals surface area (Å²) in [6.45, 7) is 6.93. The summed E-state index contributed by atoms with van der Waals surface area (Å²) >= 11 is 0. The van der Waals surface area contributed by atoms with Crippen LogP contribution in [0, 0.1) is 0 Å². The first-order chi connectivity index (χ1) is 14.2. The van der Waals surface area contributed by atoms with Crippen molar-refractivity contribution >= 4 is 5.91 Å². The van der Waals surface area contributed by atoms with Crippen molar-refractivity contribution in [2.75, 3.05) is 26.3 Å². The van der Waals surface area contributed by atoms with Crippen LogP contribution < -0.4 is 14.8 Å². The molecule has 1 saturated heterocycles. The fourth-order valence-electron chi connectivity index (χ4n) is 3.49. The van der Waals surface area contributed by atoms with Gasteiger partial charge in [-0.3, -0.25) is 9.69 Å². The molecule has 0 bridgehead atoms. The number of nitrogens with one attached hydrogen (secondary N) is 1. The van der Waals surface area contributed by atoms with Crippen LogP contribution in [0.1, 0.15) is 43.7 Å². The summed E-state index contributed by atoms with van der Waals surface area (Å²) in [6, 6.07) is 16.0. The molecular formula is C24H32N2O3. The molecule has 0 spiro atoms. The number of hydrogen-bond acceptors (Lipinski definition) is 4. The van der Waals surface area contributed by atoms with Gasteiger partial charge in [-0.1, -0.05) is 30.7 Å². The fraction of sp³-hybridized carbons (Fsp3) is 0.458. The van der Waals surface area contributed by atoms with Gasteiger partial charge in [0.15, 0.2) is 0 Å². The van der Waals surface area contributed by atoms with Gasteiger partial charge in [-0.05, 0) is 68.2 Å². The Morgan fingerprint density at radius 2 is 1.52 bits per heavy atom. The lowest BCUT2D eigenvalue weighted by Crippen LogP contribution is -2.29. The average Bonchev–Trinajstić information content (AvgIpc) is 2.75. The van der Waals surface area contributed by atoms with Crippen molar-refractivity contribution in [1.82, 2.24) is 10.2 Å². The van der Waals surface area contributed by atoms with E-state index in [0.29, 0.717) is 26.2 Å². The van der Waals surface area contributed by atoms with Crippen LogP contribution in [-0.2, 0) is 17.9 Å². The number of piperidine rings is 1. The highest BCUT2D eigenvalue weighted by Crippen LogP contribution is 2.17. The minimum absolute atomic E-state index is 0.00618. The van der Waals surface area contributed by atoms with Crippen LogP contribution in [0.15, 0.2) is 48.5 Å². The van der Waals surface area contributed by atoms with Crippen LogP contribution >= 0.6 is 0 Å². The van der Waals surface area contributed by atoms with E-state index in [9.17, 15) is 4.79 Å². The Bertz CT molecular complexity index is 738. The average molecular weight is 397 g/mol. The van der Waals surface area contributed by atoms with E-state index in [1.807, 2.05) is 31.2 Å². The van der Waals surface area contributed by atoms with E-state index in [-0.39, 0.29) is 5.91 Å². The lowest BCUT2D eigenvalue weighted by Gasteiger charge is -2.26. The van der Waals surface area contributed by atoms with E-state index < -0.39 is 0 Å². The number of rotatable bonds is 10. The summed E-state index contributed by atoms with van der Waals surface area (Å²) < 4.78 is 11.0. The number of nitrogens with zero attached hydrogens (tertiary/aromatic N) is 1. The molecule has 5 nitrogen and oxygen atoms in total. The Morgan fingerprint density at radius 1 is 0.897 bits per heavy atom. The van der Waals surface area contributed by atoms with Crippen molar-refractivity contribution in [2.24, 2.45) is 0 Å². The van der Waals surface area contributed by atoms with Gasteiger partial charge in [0.05, 0.1) is 19.6 Å². The molecule has 0 radical (unpaired) electrons. The number of carbonyl (C=O) groups excluding carboxylic acids is 1. The number of ether oxygens (including phenoxy) is 2. The van der Waals surface area contributed by atoms with Crippen LogP contribution in [0.4, 0.5) is 0 Å². The number of amides is 1. The van der Waals surface area contributed by atoms with Crippen molar-refractivity contribution in [2.45, 2.75) is 45.7 Å². The molecule has 0 saturated carbocycles. The van der Waals surface area contributed by atoms with Crippen LogP contribution in [0.25, 0.3) is 0 Å². The topological polar surface area (TPSA) is 50.8 Å². The van der Waals surface area contributed by atoms with Gasteiger partial charge in [-0.25, -0.2) is 0 Å². The smallest absolute Gasteiger partial charge is 0.223 e. The van der Waals surface area contributed by atoms with Crippen molar-refractivity contribution in [3.8, 4) is 11.5 Å². The number of likely N-dealkylation sites (tertiary alicyclic amines) is 1. The third kappa shape index (κ3) is 7.42. The zero-order chi connectivity index (χ0) is 20.3. The highest BCUT2D eigenvalue weighted by molar-refractivity contribution is 5.76. The van der Waals surface area contributed by atoms with Crippen molar-refractivity contribution in [3.63, 3.8) is 0 Å². The SMILES string of the molecule is CCOc1ccc(OCCC(=O)NCc2ccc(CN3CCCCC3)cc2)cc1. The maximum atomic E-state index is 12.1. The second kappa shape index (κ2) is 11.5. The standard InChI is InChI=1S/C24H32N2O3/c1-2-28-22-10-12-23(13-11-22)29-17-14-24(27)25-18-20-6-8-21(9-7-20)19-26-15-4-3-5-16-26/h6-13H,2-5,14-19H2,1H3,(H,25,27). The predicted octanol–water partition coefficient (Wildman–Crippen LogP) is 4.16. The van der Waals surface area contributed by atoms with Gasteiger partial charge < -0.3 is 14.8 Å². The Kier molecular flexibility index (Phi) is 8.38. The first-order valence-corrected chi connectivity index (χ1v) is 10.7. The molecule has 2 aromatic carbocycles. The molecule has 0 aromatic heterocycles. The second-order valence-electron chi connectivity index (χ2n) is 7.43. The third-order valence-electron chi connectivity index (χ3n) is 5.10. The number of hydrogen-bond donors (Lipinski definition) is 1. The lowest BCUT2D eigenvalue weighted by molar-refractivity contribution is -0.121. The largest absolute Gasteiger partial charge is 0.494 e. The van der Waals surface area contributed by atoms with E-state index in [2.05, 4.69) is 34.5 Å². The van der Waals surface area contributed by atoms with Gasteiger partial charge in [-0.2, -0.15) is 0 Å². The lowest BCUT2D eigenvalue weighted by atomic mass is 10.1. The molecule has 3 rings (SSSR count). The van der Waals surface area contributed by atoms with E-state index in [4.69, 9.17) is 9.47 Å². The number of carbonyl (C=O) groups is 1. The number of benzene rings is 2. The Labute approximate surface area is 174 Å². The van der Waals surface area contributed by atoms with E-state index in [1.54, 1.807) is 0 Å². The minimum atomic E-state index is -0.00618. The van der Waals surface area contributed by atoms with Crippen LogP contribution in [0.3, 0.4) is 0 Å². The summed E-state index contributed by atoms with van der Waals surface area (Å²) in [4.78, 5) is 14.6. The van der Waals surface area contributed by atoms with Crippen molar-refractivity contribution in [3.05, 3.63) is 59.7 Å². The van der Waals surface area contributed by atoms with E-state index in [1.165, 1.54) is 37.9 Å². The molecule has 2 aromatic rings. The summed E-state index contributed by atoms with van der Waals surface area (Å²) in [7, 11) is 0. The molecule has 1 N–H and O–H groups in total. The van der Waals surface area contributed by atoms with Crippen LogP contribution in [-0.4, -0.2) is 37.1 Å². The van der Waals surface area contributed by atoms with E-state index >= 15 is 0 Å². The molecule has 156 valence electrons. The van der Waals surface area contributed by atoms with Crippen LogP contribution in [0.5, 0.6) is 11.5 Å². The van der Waals surface area contributed by atoms with Gasteiger partial charge in [0.2, 0.25) is 5.91 Å². The summed E-state index contributed by atoms with van der Waals surface area (Å²) in [6.07, 6.45) is 4.32. The maximum absolute atomic E-state index is 12.1. The highest BCUT2D eigenvalue weighted by Gasteiger charge is 2.10. The molecule has 1 heterocycles. The van der Waals surface area contributed by atoms with Gasteiger partial charge in [-0.15, -0.1) is 0 Å². The zero-order valence-corrected chi connectivity index (χ0v) is 17.4.